The molecular formula is C22H24Cl2N4O. The Bertz CT molecular complexity index is 900. The second-order valence-corrected chi connectivity index (χ2v) is 7.57. The summed E-state index contributed by atoms with van der Waals surface area (Å²) in [5.41, 5.74) is 3.04. The number of carbonyl (C=O) groups excluding carboxylic acids is 1. The average Bonchev–Trinajstić information content (AvgIpc) is 3.25. The van der Waals surface area contributed by atoms with Crippen molar-refractivity contribution in [3.05, 3.63) is 87.9 Å². The molecule has 0 aliphatic heterocycles. The predicted octanol–water partition coefficient (Wildman–Crippen LogP) is 4.17. The molecule has 5 nitrogen and oxygen atoms in total. The van der Waals surface area contributed by atoms with E-state index in [9.17, 15) is 4.79 Å². The highest BCUT2D eigenvalue weighted by atomic mass is 35.5. The van der Waals surface area contributed by atoms with Gasteiger partial charge in [-0.15, -0.1) is 0 Å². The SMILES string of the molecule is O=C(NCc1cccc(Cl)c1Cl)C(CCc1ccccc1)NCCc1cnc[nH]1. The minimum atomic E-state index is -0.309. The molecule has 7 heteroatoms. The zero-order valence-corrected chi connectivity index (χ0v) is 17.5. The molecule has 3 rings (SSSR count). The Balaban J connectivity index is 1.58. The van der Waals surface area contributed by atoms with Gasteiger partial charge >= 0.3 is 0 Å². The molecule has 0 aliphatic carbocycles. The summed E-state index contributed by atoms with van der Waals surface area (Å²) in [6, 6.07) is 15.3. The maximum Gasteiger partial charge on any atom is 0.237 e. The van der Waals surface area contributed by atoms with Crippen molar-refractivity contribution in [1.82, 2.24) is 20.6 Å². The summed E-state index contributed by atoms with van der Waals surface area (Å²) in [6.07, 6.45) is 5.73. The minimum absolute atomic E-state index is 0.0541. The Labute approximate surface area is 180 Å². The van der Waals surface area contributed by atoms with Crippen LogP contribution < -0.4 is 10.6 Å². The van der Waals surface area contributed by atoms with E-state index in [-0.39, 0.29) is 11.9 Å². The summed E-state index contributed by atoms with van der Waals surface area (Å²) in [7, 11) is 0. The number of imidazole rings is 1. The molecule has 0 radical (unpaired) electrons. The van der Waals surface area contributed by atoms with Crippen molar-refractivity contribution < 1.29 is 4.79 Å². The smallest absolute Gasteiger partial charge is 0.237 e. The van der Waals surface area contributed by atoms with Crippen molar-refractivity contribution in [1.29, 1.82) is 0 Å². The number of hydrogen-bond donors (Lipinski definition) is 3. The summed E-state index contributed by atoms with van der Waals surface area (Å²) < 4.78 is 0. The van der Waals surface area contributed by atoms with Crippen LogP contribution in [0.15, 0.2) is 61.1 Å². The van der Waals surface area contributed by atoms with E-state index in [2.05, 4.69) is 32.7 Å². The quantitative estimate of drug-likeness (QED) is 0.452. The molecule has 0 fully saturated rings. The van der Waals surface area contributed by atoms with Crippen LogP contribution in [0, 0.1) is 0 Å². The zero-order chi connectivity index (χ0) is 20.5. The van der Waals surface area contributed by atoms with E-state index >= 15 is 0 Å². The Morgan fingerprint density at radius 2 is 1.90 bits per heavy atom. The number of rotatable bonds is 10. The van der Waals surface area contributed by atoms with Gasteiger partial charge in [0.15, 0.2) is 0 Å². The van der Waals surface area contributed by atoms with Crippen molar-refractivity contribution in [2.45, 2.75) is 31.8 Å². The van der Waals surface area contributed by atoms with Crippen LogP contribution in [-0.4, -0.2) is 28.5 Å². The standard InChI is InChI=1S/C22H24Cl2N4O/c23-19-8-4-7-17(21(19)24)13-27-22(29)20(10-9-16-5-2-1-3-6-16)26-12-11-18-14-25-15-28-18/h1-8,14-15,20,26H,9-13H2,(H,25,28)(H,27,29). The first-order valence-electron chi connectivity index (χ1n) is 9.58. The number of carbonyl (C=O) groups is 1. The summed E-state index contributed by atoms with van der Waals surface area (Å²) in [4.78, 5) is 20.0. The molecule has 0 bridgehead atoms. The number of aromatic nitrogens is 2. The molecule has 1 heterocycles. The van der Waals surface area contributed by atoms with Gasteiger partial charge < -0.3 is 15.6 Å². The molecule has 0 spiro atoms. The molecule has 1 amide bonds. The third-order valence-corrected chi connectivity index (χ3v) is 5.56. The molecule has 0 saturated carbocycles. The monoisotopic (exact) mass is 430 g/mol. The van der Waals surface area contributed by atoms with Gasteiger partial charge in [-0.25, -0.2) is 4.98 Å². The van der Waals surface area contributed by atoms with E-state index in [0.29, 0.717) is 29.6 Å². The second-order valence-electron chi connectivity index (χ2n) is 6.79. The highest BCUT2D eigenvalue weighted by molar-refractivity contribution is 6.42. The lowest BCUT2D eigenvalue weighted by molar-refractivity contribution is -0.123. The first kappa shape index (κ1) is 21.4. The van der Waals surface area contributed by atoms with Crippen LogP contribution in [0.2, 0.25) is 10.0 Å². The maximum atomic E-state index is 12.9. The van der Waals surface area contributed by atoms with Crippen molar-refractivity contribution in [2.24, 2.45) is 0 Å². The lowest BCUT2D eigenvalue weighted by Crippen LogP contribution is -2.45. The fourth-order valence-corrected chi connectivity index (χ4v) is 3.46. The number of hydrogen-bond acceptors (Lipinski definition) is 3. The van der Waals surface area contributed by atoms with E-state index < -0.39 is 0 Å². The van der Waals surface area contributed by atoms with Crippen molar-refractivity contribution in [2.75, 3.05) is 6.54 Å². The highest BCUT2D eigenvalue weighted by Crippen LogP contribution is 2.25. The third kappa shape index (κ3) is 6.60. The van der Waals surface area contributed by atoms with E-state index in [0.717, 1.165) is 24.1 Å². The van der Waals surface area contributed by atoms with Crippen LogP contribution in [0.25, 0.3) is 0 Å². The molecule has 1 atom stereocenters. The van der Waals surface area contributed by atoms with Gasteiger partial charge in [-0.1, -0.05) is 65.7 Å². The second kappa shape index (κ2) is 11.0. The molecular weight excluding hydrogens is 407 g/mol. The molecule has 1 unspecified atom stereocenters. The lowest BCUT2D eigenvalue weighted by atomic mass is 10.0. The van der Waals surface area contributed by atoms with E-state index in [1.165, 1.54) is 5.56 Å². The molecule has 0 aliphatic rings. The van der Waals surface area contributed by atoms with Crippen LogP contribution in [-0.2, 0) is 24.2 Å². The third-order valence-electron chi connectivity index (χ3n) is 4.71. The Kier molecular flexibility index (Phi) is 8.11. The van der Waals surface area contributed by atoms with Gasteiger partial charge in [-0.3, -0.25) is 4.79 Å². The van der Waals surface area contributed by atoms with Gasteiger partial charge in [0.25, 0.3) is 0 Å². The first-order valence-corrected chi connectivity index (χ1v) is 10.3. The van der Waals surface area contributed by atoms with Crippen LogP contribution in [0.1, 0.15) is 23.2 Å². The molecule has 29 heavy (non-hydrogen) atoms. The largest absolute Gasteiger partial charge is 0.351 e. The number of aryl methyl sites for hydroxylation is 1. The fourth-order valence-electron chi connectivity index (χ4n) is 3.07. The van der Waals surface area contributed by atoms with E-state index in [1.54, 1.807) is 18.6 Å². The minimum Gasteiger partial charge on any atom is -0.351 e. The normalized spacial score (nSPS) is 11.9. The Hall–Kier alpha value is -2.34. The van der Waals surface area contributed by atoms with E-state index in [1.807, 2.05) is 30.3 Å². The molecule has 1 aromatic heterocycles. The number of aromatic amines is 1. The number of H-pyrrole nitrogens is 1. The van der Waals surface area contributed by atoms with Gasteiger partial charge in [0, 0.05) is 31.4 Å². The first-order chi connectivity index (χ1) is 14.1. The topological polar surface area (TPSA) is 69.8 Å². The number of nitrogens with zero attached hydrogens (tertiary/aromatic N) is 1. The van der Waals surface area contributed by atoms with Crippen LogP contribution in [0.4, 0.5) is 0 Å². The summed E-state index contributed by atoms with van der Waals surface area (Å²) in [6.45, 7) is 1.01. The van der Waals surface area contributed by atoms with Crippen LogP contribution in [0.5, 0.6) is 0 Å². The van der Waals surface area contributed by atoms with E-state index in [4.69, 9.17) is 23.2 Å². The molecule has 2 aromatic carbocycles. The number of benzene rings is 2. The van der Waals surface area contributed by atoms with Gasteiger partial charge in [-0.05, 0) is 30.0 Å². The van der Waals surface area contributed by atoms with Gasteiger partial charge in [0.2, 0.25) is 5.91 Å². The van der Waals surface area contributed by atoms with Gasteiger partial charge in [0.1, 0.15) is 0 Å². The van der Waals surface area contributed by atoms with Gasteiger partial charge in [-0.2, -0.15) is 0 Å². The van der Waals surface area contributed by atoms with Crippen LogP contribution >= 0.6 is 23.2 Å². The summed E-state index contributed by atoms with van der Waals surface area (Å²) in [5.74, 6) is -0.0541. The predicted molar refractivity (Wildman–Crippen MR) is 117 cm³/mol. The zero-order valence-electron chi connectivity index (χ0n) is 16.0. The summed E-state index contributed by atoms with van der Waals surface area (Å²) in [5, 5.41) is 7.31. The fraction of sp³-hybridized carbons (Fsp3) is 0.273. The van der Waals surface area contributed by atoms with Crippen LogP contribution in [0.3, 0.4) is 0 Å². The Morgan fingerprint density at radius 1 is 1.07 bits per heavy atom. The lowest BCUT2D eigenvalue weighted by Gasteiger charge is -2.19. The highest BCUT2D eigenvalue weighted by Gasteiger charge is 2.18. The molecule has 3 N–H and O–H groups in total. The molecule has 0 saturated heterocycles. The summed E-state index contributed by atoms with van der Waals surface area (Å²) >= 11 is 12.3. The van der Waals surface area contributed by atoms with Crippen molar-refractivity contribution in [3.8, 4) is 0 Å². The average molecular weight is 431 g/mol. The number of nitrogens with one attached hydrogen (secondary N) is 3. The number of halogens is 2. The number of amides is 1. The Morgan fingerprint density at radius 3 is 2.66 bits per heavy atom. The van der Waals surface area contributed by atoms with Crippen molar-refractivity contribution >= 4 is 29.1 Å². The molecule has 152 valence electrons. The van der Waals surface area contributed by atoms with Gasteiger partial charge in [0.05, 0.1) is 22.4 Å². The molecule has 3 aromatic rings. The maximum absolute atomic E-state index is 12.9. The van der Waals surface area contributed by atoms with Crippen molar-refractivity contribution in [3.63, 3.8) is 0 Å².